The minimum absolute atomic E-state index is 0.157. The third kappa shape index (κ3) is 1.96. The van der Waals surface area contributed by atoms with Gasteiger partial charge in [-0.15, -0.1) is 0 Å². The number of carbonyl (C=O) groups is 1. The molecule has 0 atom stereocenters. The van der Waals surface area contributed by atoms with E-state index in [1.807, 2.05) is 0 Å². The van der Waals surface area contributed by atoms with E-state index in [9.17, 15) is 9.18 Å². The van der Waals surface area contributed by atoms with Gasteiger partial charge in [0.15, 0.2) is 0 Å². The van der Waals surface area contributed by atoms with Crippen LogP contribution < -0.4 is 5.73 Å². The number of nitrogens with zero attached hydrogens (tertiary/aromatic N) is 2. The normalized spacial score (nSPS) is 10.5. The number of carboxylic acid groups (broad SMARTS) is 1. The Morgan fingerprint density at radius 3 is 2.76 bits per heavy atom. The van der Waals surface area contributed by atoms with Gasteiger partial charge in [0.2, 0.25) is 0 Å². The number of halogens is 1. The fraction of sp³-hybridized carbons (Fsp3) is 0.0909. The molecule has 0 aliphatic carbocycles. The molecule has 0 aliphatic rings. The van der Waals surface area contributed by atoms with Gasteiger partial charge < -0.3 is 15.4 Å². The van der Waals surface area contributed by atoms with Crippen LogP contribution in [0.4, 0.5) is 10.1 Å². The Morgan fingerprint density at radius 2 is 2.24 bits per heavy atom. The summed E-state index contributed by atoms with van der Waals surface area (Å²) in [6.07, 6.45) is 3.17. The average Bonchev–Trinajstić information content (AvgIpc) is 2.64. The van der Waals surface area contributed by atoms with Crippen molar-refractivity contribution in [3.63, 3.8) is 0 Å². The van der Waals surface area contributed by atoms with Crippen molar-refractivity contribution >= 4 is 11.7 Å². The van der Waals surface area contributed by atoms with Crippen LogP contribution in [0.3, 0.4) is 0 Å². The monoisotopic (exact) mass is 235 g/mol. The summed E-state index contributed by atoms with van der Waals surface area (Å²) in [7, 11) is 0. The molecule has 2 aromatic rings. The van der Waals surface area contributed by atoms with Crippen LogP contribution in [-0.2, 0) is 0 Å². The van der Waals surface area contributed by atoms with Gasteiger partial charge in [-0.05, 0) is 19.1 Å². The smallest absolute Gasteiger partial charge is 0.338 e. The Balaban J connectivity index is 2.62. The standard InChI is InChI=1S/C11H10FN3O2/c1-6-4-15(5-14-6)10-2-7(11(16)17)8(12)3-9(10)13/h2-5H,13H2,1H3,(H,16,17). The Bertz CT molecular complexity index is 592. The second-order valence-corrected chi connectivity index (χ2v) is 3.62. The molecule has 0 aliphatic heterocycles. The first-order valence-corrected chi connectivity index (χ1v) is 4.82. The molecular formula is C11H10FN3O2. The van der Waals surface area contributed by atoms with Gasteiger partial charge in [0.25, 0.3) is 0 Å². The SMILES string of the molecule is Cc1cn(-c2cc(C(=O)O)c(F)cc2N)cn1. The van der Waals surface area contributed by atoms with Crippen molar-refractivity contribution < 1.29 is 14.3 Å². The van der Waals surface area contributed by atoms with Gasteiger partial charge in [0.1, 0.15) is 5.82 Å². The molecule has 0 spiro atoms. The van der Waals surface area contributed by atoms with Crippen LogP contribution in [-0.4, -0.2) is 20.6 Å². The first-order valence-electron chi connectivity index (χ1n) is 4.82. The lowest BCUT2D eigenvalue weighted by Crippen LogP contribution is -2.06. The highest BCUT2D eigenvalue weighted by Crippen LogP contribution is 2.22. The summed E-state index contributed by atoms with van der Waals surface area (Å²) >= 11 is 0. The predicted molar refractivity (Wildman–Crippen MR) is 59.6 cm³/mol. The van der Waals surface area contributed by atoms with E-state index in [4.69, 9.17) is 10.8 Å². The van der Waals surface area contributed by atoms with Gasteiger partial charge in [-0.1, -0.05) is 0 Å². The second kappa shape index (κ2) is 3.89. The molecule has 88 valence electrons. The second-order valence-electron chi connectivity index (χ2n) is 3.62. The van der Waals surface area contributed by atoms with Crippen molar-refractivity contribution in [2.75, 3.05) is 5.73 Å². The molecule has 5 nitrogen and oxygen atoms in total. The average molecular weight is 235 g/mol. The number of benzene rings is 1. The fourth-order valence-corrected chi connectivity index (χ4v) is 1.52. The first-order chi connectivity index (χ1) is 7.99. The molecule has 0 saturated heterocycles. The molecule has 3 N–H and O–H groups in total. The number of anilines is 1. The van der Waals surface area contributed by atoms with Gasteiger partial charge in [0.05, 0.1) is 29.0 Å². The van der Waals surface area contributed by atoms with Crippen molar-refractivity contribution in [2.24, 2.45) is 0 Å². The first kappa shape index (κ1) is 11.1. The summed E-state index contributed by atoms with van der Waals surface area (Å²) in [5.74, 6) is -2.18. The molecule has 0 saturated carbocycles. The lowest BCUT2D eigenvalue weighted by atomic mass is 10.1. The molecule has 1 aromatic heterocycles. The maximum Gasteiger partial charge on any atom is 0.338 e. The lowest BCUT2D eigenvalue weighted by molar-refractivity contribution is 0.0692. The van der Waals surface area contributed by atoms with Crippen molar-refractivity contribution in [1.82, 2.24) is 9.55 Å². The Labute approximate surface area is 96.3 Å². The molecule has 0 fully saturated rings. The van der Waals surface area contributed by atoms with Crippen LogP contribution in [0.25, 0.3) is 5.69 Å². The Kier molecular flexibility index (Phi) is 2.55. The van der Waals surface area contributed by atoms with Crippen molar-refractivity contribution in [2.45, 2.75) is 6.92 Å². The van der Waals surface area contributed by atoms with Crippen LogP contribution in [0.5, 0.6) is 0 Å². The van der Waals surface area contributed by atoms with Crippen LogP contribution in [0, 0.1) is 12.7 Å². The van der Waals surface area contributed by atoms with Crippen molar-refractivity contribution in [1.29, 1.82) is 0 Å². The molecule has 1 aromatic carbocycles. The maximum atomic E-state index is 13.3. The minimum atomic E-state index is -1.33. The minimum Gasteiger partial charge on any atom is -0.478 e. The van der Waals surface area contributed by atoms with Gasteiger partial charge in [-0.3, -0.25) is 0 Å². The van der Waals surface area contributed by atoms with Crippen molar-refractivity contribution in [3.8, 4) is 5.69 Å². The molecular weight excluding hydrogens is 225 g/mol. The highest BCUT2D eigenvalue weighted by molar-refractivity contribution is 5.89. The van der Waals surface area contributed by atoms with Gasteiger partial charge in [-0.25, -0.2) is 14.2 Å². The highest BCUT2D eigenvalue weighted by Gasteiger charge is 2.14. The van der Waals surface area contributed by atoms with Gasteiger partial charge in [-0.2, -0.15) is 0 Å². The zero-order valence-electron chi connectivity index (χ0n) is 9.01. The number of nitrogens with two attached hydrogens (primary N) is 1. The number of carboxylic acids is 1. The van der Waals surface area contributed by atoms with Crippen LogP contribution in [0.15, 0.2) is 24.7 Å². The largest absolute Gasteiger partial charge is 0.478 e. The van der Waals surface area contributed by atoms with Crippen LogP contribution in [0.2, 0.25) is 0 Å². The molecule has 2 rings (SSSR count). The lowest BCUT2D eigenvalue weighted by Gasteiger charge is -2.08. The molecule has 1 heterocycles. The highest BCUT2D eigenvalue weighted by atomic mass is 19.1. The number of aromatic carboxylic acids is 1. The number of hydrogen-bond acceptors (Lipinski definition) is 3. The number of aromatic nitrogens is 2. The summed E-state index contributed by atoms with van der Waals surface area (Å²) < 4.78 is 14.9. The number of hydrogen-bond donors (Lipinski definition) is 2. The number of rotatable bonds is 2. The van der Waals surface area contributed by atoms with E-state index in [-0.39, 0.29) is 5.69 Å². The topological polar surface area (TPSA) is 81.1 Å². The Morgan fingerprint density at radius 1 is 1.53 bits per heavy atom. The molecule has 0 amide bonds. The van der Waals surface area contributed by atoms with E-state index >= 15 is 0 Å². The van der Waals surface area contributed by atoms with E-state index in [0.29, 0.717) is 5.69 Å². The summed E-state index contributed by atoms with van der Waals surface area (Å²) in [5, 5.41) is 8.83. The van der Waals surface area contributed by atoms with E-state index in [0.717, 1.165) is 11.8 Å². The molecule has 0 radical (unpaired) electrons. The maximum absolute atomic E-state index is 13.3. The van der Waals surface area contributed by atoms with Crippen LogP contribution >= 0.6 is 0 Å². The number of aryl methyl sites for hydroxylation is 1. The zero-order valence-corrected chi connectivity index (χ0v) is 9.01. The predicted octanol–water partition coefficient (Wildman–Crippen LogP) is 1.60. The molecule has 0 bridgehead atoms. The Hall–Kier alpha value is -2.37. The summed E-state index contributed by atoms with van der Waals surface area (Å²) in [5.41, 5.74) is 6.54. The fourth-order valence-electron chi connectivity index (χ4n) is 1.52. The van der Waals surface area contributed by atoms with Gasteiger partial charge >= 0.3 is 5.97 Å². The third-order valence-corrected chi connectivity index (χ3v) is 2.34. The molecule has 0 unspecified atom stereocenters. The third-order valence-electron chi connectivity index (χ3n) is 2.34. The summed E-state index contributed by atoms with van der Waals surface area (Å²) in [6.45, 7) is 1.79. The number of nitrogen functional groups attached to an aromatic ring is 1. The van der Waals surface area contributed by atoms with Crippen LogP contribution in [0.1, 0.15) is 16.1 Å². The summed E-state index contributed by atoms with van der Waals surface area (Å²) in [4.78, 5) is 14.8. The quantitative estimate of drug-likeness (QED) is 0.774. The zero-order chi connectivity index (χ0) is 12.6. The van der Waals surface area contributed by atoms with Crippen molar-refractivity contribution in [3.05, 3.63) is 41.7 Å². The van der Waals surface area contributed by atoms with E-state index in [2.05, 4.69) is 4.98 Å². The molecule has 6 heteroatoms. The summed E-state index contributed by atoms with van der Waals surface area (Å²) in [6, 6.07) is 2.18. The number of imidazole rings is 1. The molecule has 17 heavy (non-hydrogen) atoms. The van der Waals surface area contributed by atoms with E-state index < -0.39 is 17.3 Å². The van der Waals surface area contributed by atoms with E-state index in [1.54, 1.807) is 17.7 Å². The van der Waals surface area contributed by atoms with E-state index in [1.165, 1.54) is 12.4 Å². The van der Waals surface area contributed by atoms with Gasteiger partial charge in [0, 0.05) is 6.20 Å².